The van der Waals surface area contributed by atoms with Crippen molar-refractivity contribution in [2.24, 2.45) is 0 Å². The maximum atomic E-state index is 11.2. The van der Waals surface area contributed by atoms with Gasteiger partial charge in [-0.25, -0.2) is 0 Å². The van der Waals surface area contributed by atoms with Crippen LogP contribution in [0.2, 0.25) is 5.02 Å². The Hall–Kier alpha value is -0.840. The molecule has 1 N–H and O–H groups in total. The first-order chi connectivity index (χ1) is 8.08. The summed E-state index contributed by atoms with van der Waals surface area (Å²) in [4.78, 5) is 11.2. The molecule has 0 fully saturated rings. The molecule has 0 saturated heterocycles. The Morgan fingerprint density at radius 1 is 1.18 bits per heavy atom. The van der Waals surface area contributed by atoms with Crippen LogP contribution in [0.25, 0.3) is 0 Å². The zero-order chi connectivity index (χ0) is 12.4. The minimum absolute atomic E-state index is 0.0852. The number of anilines is 2. The van der Waals surface area contributed by atoms with Gasteiger partial charge in [0.2, 0.25) is 0 Å². The van der Waals surface area contributed by atoms with E-state index in [1.165, 1.54) is 15.9 Å². The Morgan fingerprint density at radius 3 is 2.29 bits per heavy atom. The maximum absolute atomic E-state index is 11.2. The molecule has 0 spiro atoms. The van der Waals surface area contributed by atoms with Gasteiger partial charge in [0.15, 0.2) is 0 Å². The van der Waals surface area contributed by atoms with Crippen LogP contribution in [0.3, 0.4) is 0 Å². The molecular weight excluding hydrogens is 274 g/mol. The van der Waals surface area contributed by atoms with Crippen LogP contribution in [0.1, 0.15) is 25.3 Å². The Labute approximate surface area is 112 Å². The third kappa shape index (κ3) is 2.89. The van der Waals surface area contributed by atoms with Crippen molar-refractivity contribution in [3.63, 3.8) is 0 Å². The molecule has 0 amide bonds. The van der Waals surface area contributed by atoms with E-state index in [4.69, 9.17) is 11.6 Å². The number of hydrogen-bond donors (Lipinski definition) is 1. The van der Waals surface area contributed by atoms with Crippen molar-refractivity contribution in [1.82, 2.24) is 0 Å². The van der Waals surface area contributed by atoms with Crippen molar-refractivity contribution in [3.05, 3.63) is 44.4 Å². The molecule has 5 heteroatoms. The summed E-state index contributed by atoms with van der Waals surface area (Å²) in [5.74, 6) is 0.518. The van der Waals surface area contributed by atoms with Crippen LogP contribution < -0.4 is 10.1 Å². The van der Waals surface area contributed by atoms with Crippen molar-refractivity contribution >= 4 is 43.0 Å². The van der Waals surface area contributed by atoms with Gasteiger partial charge in [-0.3, -0.25) is 4.79 Å². The highest BCUT2D eigenvalue weighted by atomic mass is 35.5. The fraction of sp³-hybridized carbons (Fsp3) is 0.250. The molecule has 0 aliphatic heterocycles. The standard InChI is InChI=1S/C12H12ClNOS2/c1-7(2)8-3-5-9(6-4-8)14-11-10(13)12(15)17-16-11/h3-7,14H,1-2H3. The first-order valence-corrected chi connectivity index (χ1v) is 7.76. The van der Waals surface area contributed by atoms with Crippen molar-refractivity contribution in [2.75, 3.05) is 5.32 Å². The Kier molecular flexibility index (Phi) is 3.86. The summed E-state index contributed by atoms with van der Waals surface area (Å²) in [5.41, 5.74) is 2.24. The number of hydrogen-bond acceptors (Lipinski definition) is 4. The predicted molar refractivity (Wildman–Crippen MR) is 77.3 cm³/mol. The lowest BCUT2D eigenvalue weighted by Crippen LogP contribution is -1.93. The van der Waals surface area contributed by atoms with Gasteiger partial charge < -0.3 is 5.32 Å². The summed E-state index contributed by atoms with van der Waals surface area (Å²) in [5, 5.41) is 4.16. The topological polar surface area (TPSA) is 29.1 Å². The molecule has 0 unspecified atom stereocenters. The molecule has 2 nitrogen and oxygen atoms in total. The lowest BCUT2D eigenvalue weighted by Gasteiger charge is -2.07. The van der Waals surface area contributed by atoms with E-state index in [0.29, 0.717) is 5.92 Å². The first kappa shape index (κ1) is 12.6. The largest absolute Gasteiger partial charge is 0.345 e. The van der Waals surface area contributed by atoms with Gasteiger partial charge >= 0.3 is 0 Å². The van der Waals surface area contributed by atoms with E-state index in [1.54, 1.807) is 0 Å². The van der Waals surface area contributed by atoms with E-state index in [2.05, 4.69) is 31.3 Å². The third-order valence-corrected chi connectivity index (χ3v) is 5.12. The number of nitrogens with one attached hydrogen (secondary N) is 1. The summed E-state index contributed by atoms with van der Waals surface area (Å²) in [6.07, 6.45) is 0. The molecule has 0 aliphatic rings. The summed E-state index contributed by atoms with van der Waals surface area (Å²) in [6, 6.07) is 8.16. The fourth-order valence-electron chi connectivity index (χ4n) is 1.40. The van der Waals surface area contributed by atoms with Gasteiger partial charge in [-0.2, -0.15) is 0 Å². The normalized spacial score (nSPS) is 10.8. The van der Waals surface area contributed by atoms with Crippen LogP contribution >= 0.6 is 32.3 Å². The highest BCUT2D eigenvalue weighted by Crippen LogP contribution is 2.30. The monoisotopic (exact) mass is 285 g/mol. The van der Waals surface area contributed by atoms with Crippen LogP contribution in [-0.4, -0.2) is 0 Å². The molecular formula is C12H12ClNOS2. The molecule has 1 aromatic carbocycles. The van der Waals surface area contributed by atoms with E-state index in [1.807, 2.05) is 12.1 Å². The Bertz CT molecular complexity index is 557. The maximum Gasteiger partial charge on any atom is 0.263 e. The molecule has 0 radical (unpaired) electrons. The molecule has 1 heterocycles. The van der Waals surface area contributed by atoms with E-state index in [0.717, 1.165) is 21.0 Å². The second-order valence-electron chi connectivity index (χ2n) is 4.00. The fourth-order valence-corrected chi connectivity index (χ4v) is 3.78. The lowest BCUT2D eigenvalue weighted by atomic mass is 10.0. The van der Waals surface area contributed by atoms with E-state index >= 15 is 0 Å². The second-order valence-corrected chi connectivity index (χ2v) is 6.49. The molecule has 0 saturated carbocycles. The van der Waals surface area contributed by atoms with Crippen molar-refractivity contribution < 1.29 is 0 Å². The van der Waals surface area contributed by atoms with Gasteiger partial charge in [0.05, 0.1) is 0 Å². The van der Waals surface area contributed by atoms with Crippen molar-refractivity contribution in [2.45, 2.75) is 19.8 Å². The van der Waals surface area contributed by atoms with Crippen LogP contribution in [0.4, 0.5) is 10.7 Å². The summed E-state index contributed by atoms with van der Waals surface area (Å²) < 4.78 is -0.0852. The van der Waals surface area contributed by atoms with Crippen molar-refractivity contribution in [3.8, 4) is 0 Å². The van der Waals surface area contributed by atoms with Gasteiger partial charge in [0.25, 0.3) is 4.74 Å². The highest BCUT2D eigenvalue weighted by Gasteiger charge is 2.08. The zero-order valence-corrected chi connectivity index (χ0v) is 11.9. The van der Waals surface area contributed by atoms with Crippen LogP contribution in [-0.2, 0) is 0 Å². The van der Waals surface area contributed by atoms with E-state index in [9.17, 15) is 4.79 Å². The molecule has 0 atom stereocenters. The van der Waals surface area contributed by atoms with Crippen LogP contribution in [0, 0.1) is 0 Å². The quantitative estimate of drug-likeness (QED) is 0.829. The number of halogens is 1. The number of rotatable bonds is 3. The minimum atomic E-state index is -0.0852. The molecule has 2 rings (SSSR count). The lowest BCUT2D eigenvalue weighted by molar-refractivity contribution is 0.867. The average Bonchev–Trinajstić information content (AvgIpc) is 2.62. The summed E-state index contributed by atoms with van der Waals surface area (Å²) in [7, 11) is 2.52. The van der Waals surface area contributed by atoms with E-state index < -0.39 is 0 Å². The van der Waals surface area contributed by atoms with Crippen molar-refractivity contribution in [1.29, 1.82) is 0 Å². The average molecular weight is 286 g/mol. The molecule has 90 valence electrons. The minimum Gasteiger partial charge on any atom is -0.345 e. The van der Waals surface area contributed by atoms with Gasteiger partial charge in [-0.05, 0) is 34.0 Å². The van der Waals surface area contributed by atoms with E-state index in [-0.39, 0.29) is 9.77 Å². The zero-order valence-electron chi connectivity index (χ0n) is 9.49. The van der Waals surface area contributed by atoms with Gasteiger partial charge in [-0.15, -0.1) is 0 Å². The highest BCUT2D eigenvalue weighted by molar-refractivity contribution is 7.70. The van der Waals surface area contributed by atoms with Gasteiger partial charge in [-0.1, -0.05) is 47.9 Å². The third-order valence-electron chi connectivity index (χ3n) is 2.41. The summed E-state index contributed by atoms with van der Waals surface area (Å²) in [6.45, 7) is 4.31. The molecule has 17 heavy (non-hydrogen) atoms. The smallest absolute Gasteiger partial charge is 0.263 e. The molecule has 1 aromatic heterocycles. The number of benzene rings is 1. The molecule has 2 aromatic rings. The van der Waals surface area contributed by atoms with Gasteiger partial charge in [0.1, 0.15) is 10.0 Å². The predicted octanol–water partition coefficient (Wildman–Crippen LogP) is 4.69. The first-order valence-electron chi connectivity index (χ1n) is 5.23. The Balaban J connectivity index is 2.19. The summed E-state index contributed by atoms with van der Waals surface area (Å²) >= 11 is 5.89. The Morgan fingerprint density at radius 2 is 1.82 bits per heavy atom. The van der Waals surface area contributed by atoms with Crippen LogP contribution in [0.5, 0.6) is 0 Å². The second kappa shape index (κ2) is 5.21. The molecule has 0 bridgehead atoms. The SMILES string of the molecule is CC(C)c1ccc(Nc2ssc(=O)c2Cl)cc1. The van der Waals surface area contributed by atoms with Gasteiger partial charge in [0, 0.05) is 5.69 Å². The van der Waals surface area contributed by atoms with Crippen LogP contribution in [0.15, 0.2) is 29.1 Å². The molecule has 0 aliphatic carbocycles.